The predicted octanol–water partition coefficient (Wildman–Crippen LogP) is 3.24. The van der Waals surface area contributed by atoms with Crippen molar-refractivity contribution in [2.75, 3.05) is 16.8 Å². The third-order valence-corrected chi connectivity index (χ3v) is 4.32. The summed E-state index contributed by atoms with van der Waals surface area (Å²) in [4.78, 5) is 36.6. The number of hydrogen-bond acceptors (Lipinski definition) is 4. The van der Waals surface area contributed by atoms with E-state index in [4.69, 9.17) is 11.6 Å². The first-order valence-corrected chi connectivity index (χ1v) is 7.94. The molecule has 7 nitrogen and oxygen atoms in total. The van der Waals surface area contributed by atoms with Crippen LogP contribution in [0, 0.1) is 16.0 Å². The van der Waals surface area contributed by atoms with Crippen LogP contribution in [0.3, 0.4) is 0 Å². The molecule has 1 aliphatic rings. The van der Waals surface area contributed by atoms with Crippen molar-refractivity contribution in [2.45, 2.75) is 6.42 Å². The maximum atomic E-state index is 12.5. The molecule has 0 radical (unpaired) electrons. The molecule has 0 saturated carbocycles. The molecule has 1 saturated heterocycles. The van der Waals surface area contributed by atoms with E-state index >= 15 is 0 Å². The van der Waals surface area contributed by atoms with Gasteiger partial charge in [-0.2, -0.15) is 0 Å². The predicted molar refractivity (Wildman–Crippen MR) is 93.6 cm³/mol. The Bertz CT molecular complexity index is 855. The minimum absolute atomic E-state index is 0.0255. The Morgan fingerprint density at radius 1 is 1.20 bits per heavy atom. The Balaban J connectivity index is 1.76. The highest BCUT2D eigenvalue weighted by Gasteiger charge is 2.36. The van der Waals surface area contributed by atoms with Crippen molar-refractivity contribution in [3.05, 3.63) is 63.7 Å². The van der Waals surface area contributed by atoms with E-state index in [2.05, 4.69) is 5.32 Å². The first kappa shape index (κ1) is 16.9. The minimum Gasteiger partial charge on any atom is -0.320 e. The van der Waals surface area contributed by atoms with E-state index < -0.39 is 16.7 Å². The van der Waals surface area contributed by atoms with Crippen LogP contribution in [0.15, 0.2) is 48.5 Å². The maximum absolute atomic E-state index is 12.5. The number of nitro benzene ring substituents is 1. The number of benzene rings is 2. The van der Waals surface area contributed by atoms with Gasteiger partial charge in [0.05, 0.1) is 21.6 Å². The molecule has 1 atom stereocenters. The van der Waals surface area contributed by atoms with Gasteiger partial charge in [0, 0.05) is 19.0 Å². The zero-order valence-electron chi connectivity index (χ0n) is 13.0. The standard InChI is InChI=1S/C17H14ClN3O4/c18-12-5-1-3-7-14(12)20-10-11(9-16(20)22)17(23)19-13-6-2-4-8-15(13)21(24)25/h1-8,11H,9-10H2,(H,19,23). The summed E-state index contributed by atoms with van der Waals surface area (Å²) in [5.74, 6) is -1.25. The molecule has 1 aliphatic heterocycles. The van der Waals surface area contributed by atoms with Gasteiger partial charge in [-0.05, 0) is 18.2 Å². The molecule has 3 rings (SSSR count). The van der Waals surface area contributed by atoms with Crippen molar-refractivity contribution in [2.24, 2.45) is 5.92 Å². The highest BCUT2D eigenvalue weighted by atomic mass is 35.5. The lowest BCUT2D eigenvalue weighted by atomic mass is 10.1. The quantitative estimate of drug-likeness (QED) is 0.670. The largest absolute Gasteiger partial charge is 0.320 e. The second-order valence-corrected chi connectivity index (χ2v) is 6.03. The zero-order valence-corrected chi connectivity index (χ0v) is 13.8. The summed E-state index contributed by atoms with van der Waals surface area (Å²) >= 11 is 6.11. The fourth-order valence-electron chi connectivity index (χ4n) is 2.76. The maximum Gasteiger partial charge on any atom is 0.292 e. The van der Waals surface area contributed by atoms with Crippen LogP contribution >= 0.6 is 11.6 Å². The van der Waals surface area contributed by atoms with Crippen molar-refractivity contribution >= 4 is 40.5 Å². The molecular formula is C17H14ClN3O4. The molecule has 1 fully saturated rings. The Morgan fingerprint density at radius 3 is 2.60 bits per heavy atom. The van der Waals surface area contributed by atoms with Crippen molar-refractivity contribution in [1.82, 2.24) is 0 Å². The van der Waals surface area contributed by atoms with Gasteiger partial charge in [-0.15, -0.1) is 0 Å². The number of para-hydroxylation sites is 3. The summed E-state index contributed by atoms with van der Waals surface area (Å²) in [6.07, 6.45) is 0.0255. The lowest BCUT2D eigenvalue weighted by molar-refractivity contribution is -0.383. The van der Waals surface area contributed by atoms with Gasteiger partial charge in [-0.25, -0.2) is 0 Å². The van der Waals surface area contributed by atoms with E-state index in [1.54, 1.807) is 30.3 Å². The number of nitrogens with zero attached hydrogens (tertiary/aromatic N) is 2. The minimum atomic E-state index is -0.608. The highest BCUT2D eigenvalue weighted by Crippen LogP contribution is 2.32. The van der Waals surface area contributed by atoms with Crippen molar-refractivity contribution in [1.29, 1.82) is 0 Å². The fraction of sp³-hybridized carbons (Fsp3) is 0.176. The summed E-state index contributed by atoms with van der Waals surface area (Å²) in [5.41, 5.74) is 0.472. The fourth-order valence-corrected chi connectivity index (χ4v) is 3.00. The molecule has 8 heteroatoms. The van der Waals surface area contributed by atoms with Crippen LogP contribution in [-0.4, -0.2) is 23.3 Å². The van der Waals surface area contributed by atoms with E-state index in [1.165, 1.54) is 23.1 Å². The Kier molecular flexibility index (Phi) is 4.67. The van der Waals surface area contributed by atoms with Crippen LogP contribution in [0.1, 0.15) is 6.42 Å². The van der Waals surface area contributed by atoms with Crippen molar-refractivity contribution < 1.29 is 14.5 Å². The van der Waals surface area contributed by atoms with E-state index in [-0.39, 0.29) is 30.2 Å². The normalized spacial score (nSPS) is 16.8. The van der Waals surface area contributed by atoms with Crippen LogP contribution in [0.4, 0.5) is 17.1 Å². The second-order valence-electron chi connectivity index (χ2n) is 5.62. The molecule has 0 spiro atoms. The molecular weight excluding hydrogens is 346 g/mol. The van der Waals surface area contributed by atoms with Gasteiger partial charge in [-0.3, -0.25) is 19.7 Å². The van der Waals surface area contributed by atoms with Gasteiger partial charge in [0.25, 0.3) is 5.69 Å². The van der Waals surface area contributed by atoms with E-state index in [1.807, 2.05) is 0 Å². The monoisotopic (exact) mass is 359 g/mol. The van der Waals surface area contributed by atoms with Crippen LogP contribution in [0.2, 0.25) is 5.02 Å². The van der Waals surface area contributed by atoms with Crippen LogP contribution in [0.25, 0.3) is 0 Å². The van der Waals surface area contributed by atoms with Crippen molar-refractivity contribution in [3.63, 3.8) is 0 Å². The smallest absolute Gasteiger partial charge is 0.292 e. The van der Waals surface area contributed by atoms with E-state index in [0.29, 0.717) is 10.7 Å². The van der Waals surface area contributed by atoms with Crippen LogP contribution in [-0.2, 0) is 9.59 Å². The molecule has 25 heavy (non-hydrogen) atoms. The average Bonchev–Trinajstić information content (AvgIpc) is 2.97. The average molecular weight is 360 g/mol. The van der Waals surface area contributed by atoms with E-state index in [0.717, 1.165) is 0 Å². The van der Waals surface area contributed by atoms with Gasteiger partial charge in [0.1, 0.15) is 5.69 Å². The number of halogens is 1. The number of hydrogen-bond donors (Lipinski definition) is 1. The molecule has 1 unspecified atom stereocenters. The van der Waals surface area contributed by atoms with Crippen molar-refractivity contribution in [3.8, 4) is 0 Å². The van der Waals surface area contributed by atoms with Gasteiger partial charge >= 0.3 is 0 Å². The molecule has 2 amide bonds. The summed E-state index contributed by atoms with van der Waals surface area (Å²) in [5, 5.41) is 14.0. The number of carbonyl (C=O) groups excluding carboxylic acids is 2. The lowest BCUT2D eigenvalue weighted by Crippen LogP contribution is -2.28. The first-order chi connectivity index (χ1) is 12.0. The lowest BCUT2D eigenvalue weighted by Gasteiger charge is -2.18. The summed E-state index contributed by atoms with van der Waals surface area (Å²) in [7, 11) is 0. The summed E-state index contributed by atoms with van der Waals surface area (Å²) < 4.78 is 0. The summed E-state index contributed by atoms with van der Waals surface area (Å²) in [6, 6.07) is 12.8. The molecule has 1 heterocycles. The van der Waals surface area contributed by atoms with Gasteiger partial charge in [0.15, 0.2) is 0 Å². The topological polar surface area (TPSA) is 92.5 Å². The number of nitro groups is 1. The van der Waals surface area contributed by atoms with Gasteiger partial charge < -0.3 is 10.2 Å². The molecule has 0 aromatic heterocycles. The van der Waals surface area contributed by atoms with Gasteiger partial charge in [0.2, 0.25) is 11.8 Å². The zero-order chi connectivity index (χ0) is 18.0. The first-order valence-electron chi connectivity index (χ1n) is 7.56. The molecule has 2 aromatic rings. The number of amides is 2. The molecule has 128 valence electrons. The Labute approximate surface area is 148 Å². The van der Waals surface area contributed by atoms with Crippen LogP contribution < -0.4 is 10.2 Å². The number of carbonyl (C=O) groups is 2. The number of nitrogens with one attached hydrogen (secondary N) is 1. The second kappa shape index (κ2) is 6.90. The number of anilines is 2. The molecule has 2 aromatic carbocycles. The summed E-state index contributed by atoms with van der Waals surface area (Å²) in [6.45, 7) is 0.176. The number of rotatable bonds is 4. The highest BCUT2D eigenvalue weighted by molar-refractivity contribution is 6.33. The van der Waals surface area contributed by atoms with E-state index in [9.17, 15) is 19.7 Å². The molecule has 0 aliphatic carbocycles. The molecule has 0 bridgehead atoms. The Morgan fingerprint density at radius 2 is 1.88 bits per heavy atom. The van der Waals surface area contributed by atoms with Gasteiger partial charge in [-0.1, -0.05) is 35.9 Å². The SMILES string of the molecule is O=C(Nc1ccccc1[N+](=O)[O-])C1CC(=O)N(c2ccccc2Cl)C1. The third-order valence-electron chi connectivity index (χ3n) is 4.00. The third kappa shape index (κ3) is 3.46. The Hall–Kier alpha value is -2.93. The molecule has 1 N–H and O–H groups in total. The van der Waals surface area contributed by atoms with Crippen LogP contribution in [0.5, 0.6) is 0 Å².